The van der Waals surface area contributed by atoms with Crippen LogP contribution in [-0.4, -0.2) is 36.1 Å². The molecule has 0 radical (unpaired) electrons. The minimum absolute atomic E-state index is 0.337. The fourth-order valence-electron chi connectivity index (χ4n) is 1.65. The van der Waals surface area contributed by atoms with Gasteiger partial charge in [0.2, 0.25) is 5.91 Å². The van der Waals surface area contributed by atoms with Crippen LogP contribution in [0.5, 0.6) is 0 Å². The second-order valence-electron chi connectivity index (χ2n) is 3.67. The SMILES string of the molecule is CC(C(N)=O)N1CCCCC(F)C1. The molecule has 2 atom stereocenters. The Kier molecular flexibility index (Phi) is 3.66. The van der Waals surface area contributed by atoms with Gasteiger partial charge in [0.05, 0.1) is 6.04 Å². The first-order chi connectivity index (χ1) is 6.11. The van der Waals surface area contributed by atoms with Crippen molar-refractivity contribution in [3.8, 4) is 0 Å². The second-order valence-corrected chi connectivity index (χ2v) is 3.67. The van der Waals surface area contributed by atoms with Crippen LogP contribution in [0.2, 0.25) is 0 Å². The van der Waals surface area contributed by atoms with E-state index in [1.165, 1.54) is 0 Å². The van der Waals surface area contributed by atoms with E-state index in [1.807, 2.05) is 4.90 Å². The maximum absolute atomic E-state index is 13.1. The molecule has 1 rings (SSSR count). The summed E-state index contributed by atoms with van der Waals surface area (Å²) < 4.78 is 13.1. The molecule has 0 saturated carbocycles. The van der Waals surface area contributed by atoms with Crippen LogP contribution >= 0.6 is 0 Å². The molecule has 1 heterocycles. The van der Waals surface area contributed by atoms with Gasteiger partial charge in [-0.05, 0) is 32.7 Å². The molecule has 0 aromatic carbocycles. The van der Waals surface area contributed by atoms with E-state index >= 15 is 0 Å². The van der Waals surface area contributed by atoms with Crippen LogP contribution in [0.1, 0.15) is 26.2 Å². The van der Waals surface area contributed by atoms with Crippen molar-refractivity contribution in [1.29, 1.82) is 0 Å². The van der Waals surface area contributed by atoms with Crippen LogP contribution in [-0.2, 0) is 4.79 Å². The van der Waals surface area contributed by atoms with Crippen molar-refractivity contribution in [3.63, 3.8) is 0 Å². The van der Waals surface area contributed by atoms with E-state index in [4.69, 9.17) is 5.73 Å². The molecule has 1 aliphatic heterocycles. The summed E-state index contributed by atoms with van der Waals surface area (Å²) in [5.41, 5.74) is 5.16. The van der Waals surface area contributed by atoms with Gasteiger partial charge < -0.3 is 5.73 Å². The van der Waals surface area contributed by atoms with E-state index in [1.54, 1.807) is 6.92 Å². The molecule has 0 aromatic rings. The summed E-state index contributed by atoms with van der Waals surface area (Å²) in [5, 5.41) is 0. The molecule has 0 spiro atoms. The van der Waals surface area contributed by atoms with Gasteiger partial charge in [0.1, 0.15) is 6.17 Å². The highest BCUT2D eigenvalue weighted by atomic mass is 19.1. The van der Waals surface area contributed by atoms with Gasteiger partial charge in [-0.3, -0.25) is 9.69 Å². The Bertz CT molecular complexity index is 186. The van der Waals surface area contributed by atoms with Gasteiger partial charge >= 0.3 is 0 Å². The molecule has 1 fully saturated rings. The highest BCUT2D eigenvalue weighted by Gasteiger charge is 2.24. The third-order valence-electron chi connectivity index (χ3n) is 2.60. The number of hydrogen-bond acceptors (Lipinski definition) is 2. The molecular weight excluding hydrogens is 171 g/mol. The fraction of sp³-hybridized carbons (Fsp3) is 0.889. The molecule has 3 nitrogen and oxygen atoms in total. The predicted octanol–water partition coefficient (Wildman–Crippen LogP) is 0.684. The smallest absolute Gasteiger partial charge is 0.234 e. The van der Waals surface area contributed by atoms with E-state index < -0.39 is 6.17 Å². The lowest BCUT2D eigenvalue weighted by molar-refractivity contribution is -0.122. The van der Waals surface area contributed by atoms with Crippen molar-refractivity contribution in [1.82, 2.24) is 4.90 Å². The molecule has 13 heavy (non-hydrogen) atoms. The van der Waals surface area contributed by atoms with E-state index in [-0.39, 0.29) is 11.9 Å². The highest BCUT2D eigenvalue weighted by molar-refractivity contribution is 5.79. The van der Waals surface area contributed by atoms with Crippen LogP contribution in [0.25, 0.3) is 0 Å². The summed E-state index contributed by atoms with van der Waals surface area (Å²) in [5.74, 6) is -0.367. The Morgan fingerprint density at radius 1 is 1.62 bits per heavy atom. The van der Waals surface area contributed by atoms with Gasteiger partial charge in [-0.2, -0.15) is 0 Å². The van der Waals surface area contributed by atoms with E-state index in [9.17, 15) is 9.18 Å². The van der Waals surface area contributed by atoms with Crippen molar-refractivity contribution in [2.45, 2.75) is 38.4 Å². The Labute approximate surface area is 78.1 Å². The maximum atomic E-state index is 13.1. The largest absolute Gasteiger partial charge is 0.368 e. The lowest BCUT2D eigenvalue weighted by Gasteiger charge is -2.25. The number of nitrogens with two attached hydrogens (primary N) is 1. The number of halogens is 1. The minimum Gasteiger partial charge on any atom is -0.368 e. The minimum atomic E-state index is -0.802. The number of primary amides is 1. The van der Waals surface area contributed by atoms with E-state index in [0.29, 0.717) is 13.0 Å². The molecule has 76 valence electrons. The predicted molar refractivity (Wildman–Crippen MR) is 49.0 cm³/mol. The first-order valence-electron chi connectivity index (χ1n) is 4.78. The molecule has 1 amide bonds. The zero-order chi connectivity index (χ0) is 9.84. The van der Waals surface area contributed by atoms with Crippen LogP contribution in [0.15, 0.2) is 0 Å². The monoisotopic (exact) mass is 188 g/mol. The second kappa shape index (κ2) is 4.56. The summed E-state index contributed by atoms with van der Waals surface area (Å²) in [7, 11) is 0. The molecule has 1 aliphatic rings. The molecule has 0 bridgehead atoms. The Morgan fingerprint density at radius 2 is 2.31 bits per heavy atom. The van der Waals surface area contributed by atoms with E-state index in [2.05, 4.69) is 0 Å². The summed E-state index contributed by atoms with van der Waals surface area (Å²) in [6.45, 7) is 2.87. The number of hydrogen-bond donors (Lipinski definition) is 1. The molecule has 0 aromatic heterocycles. The third-order valence-corrected chi connectivity index (χ3v) is 2.60. The number of likely N-dealkylation sites (tertiary alicyclic amines) is 1. The van der Waals surface area contributed by atoms with Crippen LogP contribution in [0.4, 0.5) is 4.39 Å². The molecule has 0 aliphatic carbocycles. The lowest BCUT2D eigenvalue weighted by atomic mass is 10.2. The first kappa shape index (κ1) is 10.4. The normalized spacial score (nSPS) is 28.0. The number of amides is 1. The van der Waals surface area contributed by atoms with Crippen molar-refractivity contribution in [2.75, 3.05) is 13.1 Å². The Balaban J connectivity index is 2.51. The summed E-state index contributed by atoms with van der Waals surface area (Å²) >= 11 is 0. The number of alkyl halides is 1. The van der Waals surface area contributed by atoms with E-state index in [0.717, 1.165) is 19.4 Å². The summed E-state index contributed by atoms with van der Waals surface area (Å²) in [6, 6.07) is -0.337. The van der Waals surface area contributed by atoms with Gasteiger partial charge in [0, 0.05) is 6.54 Å². The average Bonchev–Trinajstić information content (AvgIpc) is 2.28. The van der Waals surface area contributed by atoms with Gasteiger partial charge in [-0.1, -0.05) is 0 Å². The zero-order valence-corrected chi connectivity index (χ0v) is 8.00. The Morgan fingerprint density at radius 3 is 2.92 bits per heavy atom. The fourth-order valence-corrected chi connectivity index (χ4v) is 1.65. The standard InChI is InChI=1S/C9H17FN2O/c1-7(9(11)13)12-5-3-2-4-8(10)6-12/h7-8H,2-6H2,1H3,(H2,11,13). The first-order valence-corrected chi connectivity index (χ1v) is 4.78. The molecule has 2 unspecified atom stereocenters. The number of nitrogens with zero attached hydrogens (tertiary/aromatic N) is 1. The van der Waals surface area contributed by atoms with Gasteiger partial charge in [0.15, 0.2) is 0 Å². The average molecular weight is 188 g/mol. The molecular formula is C9H17FN2O. The summed E-state index contributed by atoms with van der Waals surface area (Å²) in [4.78, 5) is 12.7. The van der Waals surface area contributed by atoms with Crippen molar-refractivity contribution < 1.29 is 9.18 Å². The number of rotatable bonds is 2. The van der Waals surface area contributed by atoms with Gasteiger partial charge in [0.25, 0.3) is 0 Å². The van der Waals surface area contributed by atoms with Crippen molar-refractivity contribution in [2.24, 2.45) is 5.73 Å². The van der Waals surface area contributed by atoms with Gasteiger partial charge in [-0.25, -0.2) is 4.39 Å². The van der Waals surface area contributed by atoms with Crippen molar-refractivity contribution >= 4 is 5.91 Å². The lowest BCUT2D eigenvalue weighted by Crippen LogP contribution is -2.44. The van der Waals surface area contributed by atoms with Crippen LogP contribution in [0.3, 0.4) is 0 Å². The Hall–Kier alpha value is -0.640. The maximum Gasteiger partial charge on any atom is 0.234 e. The van der Waals surface area contributed by atoms with Crippen LogP contribution in [0, 0.1) is 0 Å². The van der Waals surface area contributed by atoms with Crippen LogP contribution < -0.4 is 5.73 Å². The van der Waals surface area contributed by atoms with Gasteiger partial charge in [-0.15, -0.1) is 0 Å². The van der Waals surface area contributed by atoms with Crippen molar-refractivity contribution in [3.05, 3.63) is 0 Å². The summed E-state index contributed by atoms with van der Waals surface area (Å²) in [6.07, 6.45) is 1.67. The molecule has 2 N–H and O–H groups in total. The molecule has 1 saturated heterocycles. The quantitative estimate of drug-likeness (QED) is 0.692. The third kappa shape index (κ3) is 2.95. The topological polar surface area (TPSA) is 46.3 Å². The zero-order valence-electron chi connectivity index (χ0n) is 8.00. The molecule has 4 heteroatoms. The highest BCUT2D eigenvalue weighted by Crippen LogP contribution is 2.15. The number of carbonyl (C=O) groups excluding carboxylic acids is 1. The number of carbonyl (C=O) groups is 1.